The summed E-state index contributed by atoms with van der Waals surface area (Å²) in [5.74, 6) is -1.36. The number of rotatable bonds is 63. The minimum Gasteiger partial charge on any atom is -0.462 e. The van der Waals surface area contributed by atoms with E-state index in [2.05, 4.69) is 34.6 Å². The highest BCUT2D eigenvalue weighted by Gasteiger charge is 2.30. The van der Waals surface area contributed by atoms with Crippen LogP contribution in [0.1, 0.15) is 317 Å². The van der Waals surface area contributed by atoms with E-state index >= 15 is 0 Å². The van der Waals surface area contributed by atoms with E-state index in [1.54, 1.807) is 0 Å². The van der Waals surface area contributed by atoms with Gasteiger partial charge in [0, 0.05) is 25.7 Å². The molecule has 3 N–H and O–H groups in total. The quantitative estimate of drug-likeness (QED) is 0.0222. The van der Waals surface area contributed by atoms with Crippen molar-refractivity contribution >= 4 is 39.5 Å². The Morgan fingerprint density at radius 1 is 0.329 bits per heavy atom. The molecule has 0 aromatic heterocycles. The highest BCUT2D eigenvalue weighted by atomic mass is 31.2. The van der Waals surface area contributed by atoms with Gasteiger partial charge in [0.05, 0.1) is 26.4 Å². The lowest BCUT2D eigenvalue weighted by Crippen LogP contribution is -2.30. The molecule has 0 aromatic rings. The molecule has 0 heterocycles. The van der Waals surface area contributed by atoms with Crippen molar-refractivity contribution in [3.8, 4) is 0 Å². The van der Waals surface area contributed by atoms with Crippen molar-refractivity contribution in [3.05, 3.63) is 0 Å². The molecule has 486 valence electrons. The molecule has 0 radical (unpaired) electrons. The van der Waals surface area contributed by atoms with E-state index in [4.69, 9.17) is 37.0 Å². The van der Waals surface area contributed by atoms with E-state index in [-0.39, 0.29) is 25.7 Å². The maximum Gasteiger partial charge on any atom is 0.472 e. The standard InChI is InChI=1S/C63H122O17P2/c1-6-9-12-15-18-25-31-36-41-46-60(65)73-52-58(79-62(67)48-43-38-33-27-20-17-14-11-8-3)54-77-81(69,70)75-50-57(64)51-76-82(71,72)78-55-59(53-74-61(66)47-42-37-32-26-19-16-13-10-7-2)80-63(68)49-44-39-34-29-24-22-21-23-28-30-35-40-45-56(4)5/h56-59,64H,6-55H2,1-5H3,(H,69,70)(H,71,72)/t57-,58+,59+/m0/s1. The Hall–Kier alpha value is -1.94. The van der Waals surface area contributed by atoms with E-state index in [1.807, 2.05) is 0 Å². The number of hydrogen-bond acceptors (Lipinski definition) is 15. The fourth-order valence-electron chi connectivity index (χ4n) is 9.41. The molecule has 0 rings (SSSR count). The Kier molecular flexibility index (Phi) is 55.5. The SMILES string of the molecule is CCCCCCCCCCCC(=O)OC[C@H](COP(=O)(O)OC[C@H](O)COP(=O)(O)OC[C@@H](COC(=O)CCCCCCCCCCC)OC(=O)CCCCCCCCCCCCCCC(C)C)OC(=O)CCCCCCCCCCC. The van der Waals surface area contributed by atoms with Gasteiger partial charge in [0.25, 0.3) is 0 Å². The molecule has 0 aliphatic rings. The topological polar surface area (TPSA) is 237 Å². The van der Waals surface area contributed by atoms with Crippen LogP contribution in [0.5, 0.6) is 0 Å². The molecule has 0 fully saturated rings. The number of ether oxygens (including phenoxy) is 4. The minimum atomic E-state index is -4.94. The molecule has 0 amide bonds. The summed E-state index contributed by atoms with van der Waals surface area (Å²) in [5.41, 5.74) is 0. The van der Waals surface area contributed by atoms with E-state index in [9.17, 15) is 43.2 Å². The lowest BCUT2D eigenvalue weighted by atomic mass is 10.0. The second-order valence-corrected chi connectivity index (χ2v) is 26.2. The molecule has 0 saturated carbocycles. The van der Waals surface area contributed by atoms with Crippen LogP contribution < -0.4 is 0 Å². The van der Waals surface area contributed by atoms with Gasteiger partial charge >= 0.3 is 39.5 Å². The second kappa shape index (κ2) is 56.8. The summed E-state index contributed by atoms with van der Waals surface area (Å²) in [6.07, 6.45) is 40.3. The van der Waals surface area contributed by atoms with Gasteiger partial charge in [-0.05, 0) is 31.6 Å². The minimum absolute atomic E-state index is 0.106. The van der Waals surface area contributed by atoms with E-state index in [0.717, 1.165) is 95.8 Å². The molecule has 5 atom stereocenters. The molecule has 19 heteroatoms. The van der Waals surface area contributed by atoms with Gasteiger partial charge in [0.1, 0.15) is 19.3 Å². The Balaban J connectivity index is 5.20. The van der Waals surface area contributed by atoms with Crippen LogP contribution in [0.25, 0.3) is 0 Å². The largest absolute Gasteiger partial charge is 0.472 e. The van der Waals surface area contributed by atoms with Crippen molar-refractivity contribution in [2.75, 3.05) is 39.6 Å². The van der Waals surface area contributed by atoms with Gasteiger partial charge < -0.3 is 33.8 Å². The summed E-state index contributed by atoms with van der Waals surface area (Å²) >= 11 is 0. The maximum atomic E-state index is 13.0. The van der Waals surface area contributed by atoms with Crippen molar-refractivity contribution in [3.63, 3.8) is 0 Å². The lowest BCUT2D eigenvalue weighted by Gasteiger charge is -2.21. The predicted molar refractivity (Wildman–Crippen MR) is 326 cm³/mol. The Morgan fingerprint density at radius 3 is 0.829 bits per heavy atom. The van der Waals surface area contributed by atoms with Crippen LogP contribution in [0.4, 0.5) is 0 Å². The smallest absolute Gasteiger partial charge is 0.462 e. The van der Waals surface area contributed by atoms with Crippen LogP contribution in [-0.2, 0) is 65.4 Å². The van der Waals surface area contributed by atoms with Crippen molar-refractivity contribution in [1.29, 1.82) is 0 Å². The average molecular weight is 1210 g/mol. The van der Waals surface area contributed by atoms with Gasteiger partial charge in [0.15, 0.2) is 12.2 Å². The van der Waals surface area contributed by atoms with Crippen molar-refractivity contribution in [1.82, 2.24) is 0 Å². The van der Waals surface area contributed by atoms with Gasteiger partial charge in [-0.15, -0.1) is 0 Å². The first-order valence-electron chi connectivity index (χ1n) is 33.1. The van der Waals surface area contributed by atoms with Crippen molar-refractivity contribution < 1.29 is 80.2 Å². The van der Waals surface area contributed by atoms with Crippen LogP contribution in [-0.4, -0.2) is 96.7 Å². The highest BCUT2D eigenvalue weighted by molar-refractivity contribution is 7.47. The first kappa shape index (κ1) is 80.1. The average Bonchev–Trinajstić information content (AvgIpc) is 3.44. The third kappa shape index (κ3) is 57.2. The fourth-order valence-corrected chi connectivity index (χ4v) is 11.0. The van der Waals surface area contributed by atoms with Crippen LogP contribution in [0, 0.1) is 5.92 Å². The van der Waals surface area contributed by atoms with E-state index < -0.39 is 97.5 Å². The number of carbonyl (C=O) groups excluding carboxylic acids is 4. The van der Waals surface area contributed by atoms with Crippen LogP contribution in [0.15, 0.2) is 0 Å². The molecule has 2 unspecified atom stereocenters. The number of phosphoric acid groups is 2. The summed E-state index contributed by atoms with van der Waals surface area (Å²) < 4.78 is 67.9. The first-order chi connectivity index (χ1) is 39.5. The number of aliphatic hydroxyl groups excluding tert-OH is 1. The molecule has 0 aromatic carbocycles. The molecular weight excluding hydrogens is 1090 g/mol. The number of aliphatic hydroxyl groups is 1. The monoisotopic (exact) mass is 1210 g/mol. The van der Waals surface area contributed by atoms with Crippen LogP contribution in [0.3, 0.4) is 0 Å². The molecule has 0 spiro atoms. The zero-order valence-electron chi connectivity index (χ0n) is 52.6. The summed E-state index contributed by atoms with van der Waals surface area (Å²) in [5, 5.41) is 10.5. The summed E-state index contributed by atoms with van der Waals surface area (Å²) in [7, 11) is -9.88. The van der Waals surface area contributed by atoms with E-state index in [0.29, 0.717) is 25.7 Å². The predicted octanol–water partition coefficient (Wildman–Crippen LogP) is 17.4. The Labute approximate surface area is 498 Å². The zero-order chi connectivity index (χ0) is 60.6. The van der Waals surface area contributed by atoms with Gasteiger partial charge in [-0.3, -0.25) is 37.3 Å². The zero-order valence-corrected chi connectivity index (χ0v) is 54.4. The van der Waals surface area contributed by atoms with Gasteiger partial charge in [-0.2, -0.15) is 0 Å². The number of carbonyl (C=O) groups is 4. The van der Waals surface area contributed by atoms with E-state index in [1.165, 1.54) is 141 Å². The summed E-state index contributed by atoms with van der Waals surface area (Å²) in [6, 6.07) is 0. The molecule has 82 heavy (non-hydrogen) atoms. The lowest BCUT2D eigenvalue weighted by molar-refractivity contribution is -0.161. The third-order valence-electron chi connectivity index (χ3n) is 14.5. The molecule has 0 aliphatic carbocycles. The third-order valence-corrected chi connectivity index (χ3v) is 16.4. The van der Waals surface area contributed by atoms with Gasteiger partial charge in [-0.25, -0.2) is 9.13 Å². The number of esters is 4. The number of hydrogen-bond donors (Lipinski definition) is 3. The normalized spacial score (nSPS) is 14.3. The summed E-state index contributed by atoms with van der Waals surface area (Å²) in [4.78, 5) is 72.0. The van der Waals surface area contributed by atoms with Gasteiger partial charge in [0.2, 0.25) is 0 Å². The molecule has 0 aliphatic heterocycles. The summed E-state index contributed by atoms with van der Waals surface area (Å²) in [6.45, 7) is 7.15. The molecular formula is C63H122O17P2. The fraction of sp³-hybridized carbons (Fsp3) is 0.937. The highest BCUT2D eigenvalue weighted by Crippen LogP contribution is 2.45. The second-order valence-electron chi connectivity index (χ2n) is 23.3. The first-order valence-corrected chi connectivity index (χ1v) is 36.1. The number of phosphoric ester groups is 2. The Morgan fingerprint density at radius 2 is 0.561 bits per heavy atom. The molecule has 0 saturated heterocycles. The van der Waals surface area contributed by atoms with Crippen molar-refractivity contribution in [2.24, 2.45) is 5.92 Å². The van der Waals surface area contributed by atoms with Crippen LogP contribution in [0.2, 0.25) is 0 Å². The molecule has 0 bridgehead atoms. The molecule has 17 nitrogen and oxygen atoms in total. The van der Waals surface area contributed by atoms with Gasteiger partial charge in [-0.1, -0.05) is 266 Å². The maximum absolute atomic E-state index is 13.0. The Bertz CT molecular complexity index is 1600. The number of unbranched alkanes of at least 4 members (excludes halogenated alkanes) is 35. The van der Waals surface area contributed by atoms with Crippen LogP contribution >= 0.6 is 15.6 Å². The van der Waals surface area contributed by atoms with Crippen molar-refractivity contribution in [2.45, 2.75) is 335 Å².